The second kappa shape index (κ2) is 8.52. The molecule has 0 saturated heterocycles. The summed E-state index contributed by atoms with van der Waals surface area (Å²) in [5, 5.41) is 8.89. The Morgan fingerprint density at radius 3 is 2.08 bits per heavy atom. The number of anilines is 3. The molecule has 0 aliphatic carbocycles. The van der Waals surface area contributed by atoms with Crippen LogP contribution in [0.4, 0.5) is 17.1 Å². The normalized spacial score (nSPS) is 10.5. The van der Waals surface area contributed by atoms with Gasteiger partial charge < -0.3 is 16.0 Å². The predicted octanol–water partition coefficient (Wildman–Crippen LogP) is 4.26. The summed E-state index contributed by atoms with van der Waals surface area (Å²) in [5.74, 6) is -0.296. The molecule has 0 bridgehead atoms. The quantitative estimate of drug-likeness (QED) is 0.727. The van der Waals surface area contributed by atoms with Crippen molar-refractivity contribution in [1.29, 1.82) is 0 Å². The van der Waals surface area contributed by atoms with Gasteiger partial charge in [0.1, 0.15) is 0 Å². The number of hydrogen-bond acceptors (Lipinski definition) is 3. The number of aryl methyl sites for hydroxylation is 3. The number of carbonyl (C=O) groups excluding carboxylic acids is 2. The summed E-state index contributed by atoms with van der Waals surface area (Å²) >= 11 is 0. The lowest BCUT2D eigenvalue weighted by Crippen LogP contribution is -2.22. The molecular formula is C21H27N3O2. The molecule has 0 aliphatic rings. The molecule has 2 rings (SSSR count). The summed E-state index contributed by atoms with van der Waals surface area (Å²) in [5.41, 5.74) is 5.75. The van der Waals surface area contributed by atoms with E-state index in [0.717, 1.165) is 16.8 Å². The molecule has 0 aliphatic heterocycles. The summed E-state index contributed by atoms with van der Waals surface area (Å²) < 4.78 is 0. The van der Waals surface area contributed by atoms with E-state index >= 15 is 0 Å². The maximum absolute atomic E-state index is 12.3. The first-order valence-electron chi connectivity index (χ1n) is 8.78. The Morgan fingerprint density at radius 1 is 0.923 bits per heavy atom. The number of amides is 2. The third-order valence-electron chi connectivity index (χ3n) is 4.04. The second-order valence-corrected chi connectivity index (χ2v) is 6.90. The topological polar surface area (TPSA) is 70.2 Å². The van der Waals surface area contributed by atoms with E-state index in [9.17, 15) is 9.59 Å². The molecule has 0 fully saturated rings. The molecule has 2 aromatic rings. The van der Waals surface area contributed by atoms with Gasteiger partial charge in [-0.3, -0.25) is 9.59 Å². The first-order valence-corrected chi connectivity index (χ1v) is 8.78. The number of hydrogen-bond donors (Lipinski definition) is 3. The molecule has 2 amide bonds. The first-order chi connectivity index (χ1) is 12.3. The van der Waals surface area contributed by atoms with E-state index in [4.69, 9.17) is 0 Å². The van der Waals surface area contributed by atoms with Crippen molar-refractivity contribution in [2.24, 2.45) is 5.92 Å². The summed E-state index contributed by atoms with van der Waals surface area (Å²) in [6, 6.07) is 11.3. The molecule has 138 valence electrons. The van der Waals surface area contributed by atoms with E-state index in [-0.39, 0.29) is 24.3 Å². The van der Waals surface area contributed by atoms with E-state index in [1.54, 1.807) is 24.3 Å². The Bertz CT molecular complexity index is 790. The molecule has 0 saturated carbocycles. The Hall–Kier alpha value is -2.82. The molecule has 0 atom stereocenters. The van der Waals surface area contributed by atoms with Gasteiger partial charge in [0.15, 0.2) is 0 Å². The van der Waals surface area contributed by atoms with Crippen molar-refractivity contribution in [3.05, 3.63) is 53.1 Å². The summed E-state index contributed by atoms with van der Waals surface area (Å²) in [6.45, 7) is 9.96. The largest absolute Gasteiger partial charge is 0.376 e. The van der Waals surface area contributed by atoms with Crippen LogP contribution < -0.4 is 16.0 Å². The van der Waals surface area contributed by atoms with Crippen LogP contribution in [0.15, 0.2) is 36.4 Å². The van der Waals surface area contributed by atoms with Crippen molar-refractivity contribution in [1.82, 2.24) is 0 Å². The van der Waals surface area contributed by atoms with E-state index in [0.29, 0.717) is 11.4 Å². The van der Waals surface area contributed by atoms with Crippen molar-refractivity contribution in [3.63, 3.8) is 0 Å². The van der Waals surface area contributed by atoms with Crippen LogP contribution in [0.1, 0.15) is 30.5 Å². The van der Waals surface area contributed by atoms with E-state index in [1.165, 1.54) is 5.56 Å². The highest BCUT2D eigenvalue weighted by atomic mass is 16.2. The lowest BCUT2D eigenvalue weighted by atomic mass is 10.1. The van der Waals surface area contributed by atoms with Crippen LogP contribution in [0.2, 0.25) is 0 Å². The van der Waals surface area contributed by atoms with Gasteiger partial charge in [0.05, 0.1) is 6.54 Å². The monoisotopic (exact) mass is 353 g/mol. The maximum Gasteiger partial charge on any atom is 0.243 e. The fourth-order valence-electron chi connectivity index (χ4n) is 2.79. The van der Waals surface area contributed by atoms with Gasteiger partial charge in [-0.25, -0.2) is 0 Å². The molecular weight excluding hydrogens is 326 g/mol. The van der Waals surface area contributed by atoms with Crippen molar-refractivity contribution in [2.75, 3.05) is 22.5 Å². The van der Waals surface area contributed by atoms with Gasteiger partial charge in [-0.2, -0.15) is 0 Å². The fourth-order valence-corrected chi connectivity index (χ4v) is 2.79. The zero-order chi connectivity index (χ0) is 19.3. The van der Waals surface area contributed by atoms with E-state index in [1.807, 2.05) is 27.7 Å². The van der Waals surface area contributed by atoms with Crippen LogP contribution >= 0.6 is 0 Å². The zero-order valence-electron chi connectivity index (χ0n) is 16.1. The van der Waals surface area contributed by atoms with Gasteiger partial charge in [0.25, 0.3) is 0 Å². The first kappa shape index (κ1) is 19.5. The molecule has 0 unspecified atom stereocenters. The molecule has 0 heterocycles. The van der Waals surface area contributed by atoms with Gasteiger partial charge in [0, 0.05) is 23.0 Å². The molecule has 26 heavy (non-hydrogen) atoms. The van der Waals surface area contributed by atoms with Crippen molar-refractivity contribution in [2.45, 2.75) is 34.6 Å². The third kappa shape index (κ3) is 5.34. The standard InChI is InChI=1S/C21H27N3O2/c1-13(2)21(26)24-18-8-6-7-17(11-18)23-19(25)12-22-20-15(4)9-14(3)10-16(20)5/h6-11,13,22H,12H2,1-5H3,(H,23,25)(H,24,26). The lowest BCUT2D eigenvalue weighted by Gasteiger charge is -2.14. The smallest absolute Gasteiger partial charge is 0.243 e. The Kier molecular flexibility index (Phi) is 6.39. The highest BCUT2D eigenvalue weighted by Crippen LogP contribution is 2.22. The minimum absolute atomic E-state index is 0.0551. The number of nitrogens with one attached hydrogen (secondary N) is 3. The van der Waals surface area contributed by atoms with Crippen LogP contribution in [-0.2, 0) is 9.59 Å². The third-order valence-corrected chi connectivity index (χ3v) is 4.04. The molecule has 0 aromatic heterocycles. The van der Waals surface area contributed by atoms with Crippen molar-refractivity contribution < 1.29 is 9.59 Å². The molecule has 3 N–H and O–H groups in total. The average molecular weight is 353 g/mol. The van der Waals surface area contributed by atoms with Gasteiger partial charge in [0.2, 0.25) is 11.8 Å². The molecule has 5 nitrogen and oxygen atoms in total. The zero-order valence-corrected chi connectivity index (χ0v) is 16.1. The van der Waals surface area contributed by atoms with Crippen LogP contribution in [0.5, 0.6) is 0 Å². The number of carbonyl (C=O) groups is 2. The van der Waals surface area contributed by atoms with Crippen LogP contribution in [-0.4, -0.2) is 18.4 Å². The Balaban J connectivity index is 1.97. The van der Waals surface area contributed by atoms with Gasteiger partial charge in [-0.1, -0.05) is 37.6 Å². The average Bonchev–Trinajstić information content (AvgIpc) is 2.54. The van der Waals surface area contributed by atoms with Crippen LogP contribution in [0, 0.1) is 26.7 Å². The van der Waals surface area contributed by atoms with Crippen LogP contribution in [0.3, 0.4) is 0 Å². The lowest BCUT2D eigenvalue weighted by molar-refractivity contribution is -0.119. The summed E-state index contributed by atoms with van der Waals surface area (Å²) in [4.78, 5) is 24.0. The van der Waals surface area contributed by atoms with E-state index < -0.39 is 0 Å². The van der Waals surface area contributed by atoms with Crippen LogP contribution in [0.25, 0.3) is 0 Å². The maximum atomic E-state index is 12.3. The summed E-state index contributed by atoms with van der Waals surface area (Å²) in [7, 11) is 0. The number of benzene rings is 2. The second-order valence-electron chi connectivity index (χ2n) is 6.90. The van der Waals surface area contributed by atoms with Crippen molar-refractivity contribution >= 4 is 28.9 Å². The predicted molar refractivity (Wildman–Crippen MR) is 108 cm³/mol. The molecule has 0 spiro atoms. The summed E-state index contributed by atoms with van der Waals surface area (Å²) in [6.07, 6.45) is 0. The molecule has 2 aromatic carbocycles. The Morgan fingerprint density at radius 2 is 1.50 bits per heavy atom. The SMILES string of the molecule is Cc1cc(C)c(NCC(=O)Nc2cccc(NC(=O)C(C)C)c2)c(C)c1. The minimum Gasteiger partial charge on any atom is -0.376 e. The van der Waals surface area contributed by atoms with Gasteiger partial charge in [-0.15, -0.1) is 0 Å². The van der Waals surface area contributed by atoms with Gasteiger partial charge >= 0.3 is 0 Å². The minimum atomic E-state index is -0.142. The van der Waals surface area contributed by atoms with Crippen molar-refractivity contribution in [3.8, 4) is 0 Å². The highest BCUT2D eigenvalue weighted by Gasteiger charge is 2.09. The molecule has 5 heteroatoms. The fraction of sp³-hybridized carbons (Fsp3) is 0.333. The Labute approximate surface area is 155 Å². The van der Waals surface area contributed by atoms with Gasteiger partial charge in [-0.05, 0) is 50.1 Å². The highest BCUT2D eigenvalue weighted by molar-refractivity contribution is 5.96. The molecule has 0 radical (unpaired) electrons. The van der Waals surface area contributed by atoms with E-state index in [2.05, 4.69) is 35.0 Å². The number of rotatable bonds is 6.